The average Bonchev–Trinajstić information content (AvgIpc) is 2.47. The minimum Gasteiger partial charge on any atom is -0.497 e. The lowest BCUT2D eigenvalue weighted by atomic mass is 9.72. The van der Waals surface area contributed by atoms with E-state index in [0.717, 1.165) is 12.3 Å². The van der Waals surface area contributed by atoms with E-state index in [1.807, 2.05) is 12.1 Å². The minimum atomic E-state index is 0.451. The van der Waals surface area contributed by atoms with Crippen LogP contribution in [0.4, 0.5) is 0 Å². The van der Waals surface area contributed by atoms with Gasteiger partial charge in [-0.3, -0.25) is 4.90 Å². The summed E-state index contributed by atoms with van der Waals surface area (Å²) in [6.07, 6.45) is 3.83. The number of ether oxygens (including phenoxy) is 1. The summed E-state index contributed by atoms with van der Waals surface area (Å²) < 4.78 is 5.23. The molecule has 2 atom stereocenters. The van der Waals surface area contributed by atoms with E-state index in [9.17, 15) is 0 Å². The second-order valence-electron chi connectivity index (χ2n) is 7.13. The van der Waals surface area contributed by atoms with Crippen molar-refractivity contribution in [3.05, 3.63) is 29.8 Å². The maximum atomic E-state index is 5.23. The molecule has 0 bridgehead atoms. The normalized spacial score (nSPS) is 25.0. The summed E-state index contributed by atoms with van der Waals surface area (Å²) in [7, 11) is 6.06. The first-order valence-electron chi connectivity index (χ1n) is 7.95. The molecule has 0 spiro atoms. The molecule has 118 valence electrons. The summed E-state index contributed by atoms with van der Waals surface area (Å²) in [6, 6.07) is 9.62. The van der Waals surface area contributed by atoms with Crippen molar-refractivity contribution >= 4 is 0 Å². The fourth-order valence-electron chi connectivity index (χ4n) is 3.49. The molecule has 0 aliphatic heterocycles. The van der Waals surface area contributed by atoms with E-state index in [1.165, 1.54) is 24.8 Å². The van der Waals surface area contributed by atoms with Crippen LogP contribution in [0.1, 0.15) is 38.7 Å². The standard InChI is InChI=1S/C18H30N2O/c1-18(2)11-10-16(19-3)17(12-18)20(4)13-14-6-8-15(21-5)9-7-14/h6-9,16-17,19H,10-13H2,1-5H3. The van der Waals surface area contributed by atoms with Crippen molar-refractivity contribution in [2.24, 2.45) is 5.41 Å². The van der Waals surface area contributed by atoms with E-state index in [0.29, 0.717) is 17.5 Å². The maximum Gasteiger partial charge on any atom is 0.118 e. The third kappa shape index (κ3) is 4.21. The van der Waals surface area contributed by atoms with Gasteiger partial charge in [0.25, 0.3) is 0 Å². The van der Waals surface area contributed by atoms with E-state index in [4.69, 9.17) is 4.74 Å². The van der Waals surface area contributed by atoms with Gasteiger partial charge in [-0.2, -0.15) is 0 Å². The zero-order valence-electron chi connectivity index (χ0n) is 14.1. The maximum absolute atomic E-state index is 5.23. The molecule has 21 heavy (non-hydrogen) atoms. The van der Waals surface area contributed by atoms with Crippen molar-refractivity contribution in [1.82, 2.24) is 10.2 Å². The van der Waals surface area contributed by atoms with Gasteiger partial charge in [-0.1, -0.05) is 26.0 Å². The Hall–Kier alpha value is -1.06. The van der Waals surface area contributed by atoms with E-state index in [1.54, 1.807) is 7.11 Å². The van der Waals surface area contributed by atoms with Gasteiger partial charge in [0.15, 0.2) is 0 Å². The third-order valence-corrected chi connectivity index (χ3v) is 4.89. The molecular formula is C18H30N2O. The molecule has 0 saturated heterocycles. The summed E-state index contributed by atoms with van der Waals surface area (Å²) in [5, 5.41) is 3.52. The Kier molecular flexibility index (Phi) is 5.28. The fourth-order valence-corrected chi connectivity index (χ4v) is 3.49. The van der Waals surface area contributed by atoms with Crippen molar-refractivity contribution in [2.45, 2.75) is 51.7 Å². The summed E-state index contributed by atoms with van der Waals surface area (Å²) in [5.41, 5.74) is 1.79. The molecule has 2 unspecified atom stereocenters. The van der Waals surface area contributed by atoms with Gasteiger partial charge in [-0.05, 0) is 56.5 Å². The molecule has 1 saturated carbocycles. The molecule has 0 aromatic heterocycles. The Morgan fingerprint density at radius 2 is 1.95 bits per heavy atom. The highest BCUT2D eigenvalue weighted by molar-refractivity contribution is 5.27. The van der Waals surface area contributed by atoms with E-state index in [2.05, 4.69) is 50.3 Å². The van der Waals surface area contributed by atoms with Gasteiger partial charge in [0.05, 0.1) is 7.11 Å². The molecule has 0 amide bonds. The topological polar surface area (TPSA) is 24.5 Å². The van der Waals surface area contributed by atoms with Crippen LogP contribution in [0, 0.1) is 5.41 Å². The van der Waals surface area contributed by atoms with Gasteiger partial charge in [-0.25, -0.2) is 0 Å². The third-order valence-electron chi connectivity index (χ3n) is 4.89. The number of benzene rings is 1. The van der Waals surface area contributed by atoms with Crippen LogP contribution in [0.2, 0.25) is 0 Å². The van der Waals surface area contributed by atoms with Gasteiger partial charge in [0, 0.05) is 18.6 Å². The Balaban J connectivity index is 2.03. The summed E-state index contributed by atoms with van der Waals surface area (Å²) in [5.74, 6) is 0.924. The quantitative estimate of drug-likeness (QED) is 0.900. The van der Waals surface area contributed by atoms with Crippen molar-refractivity contribution in [2.75, 3.05) is 21.2 Å². The van der Waals surface area contributed by atoms with Gasteiger partial charge in [0.2, 0.25) is 0 Å². The lowest BCUT2D eigenvalue weighted by Gasteiger charge is -2.44. The number of nitrogens with zero attached hydrogens (tertiary/aromatic N) is 1. The van der Waals surface area contributed by atoms with Gasteiger partial charge >= 0.3 is 0 Å². The van der Waals surface area contributed by atoms with Crippen molar-refractivity contribution in [1.29, 1.82) is 0 Å². The molecule has 1 N–H and O–H groups in total. The first-order chi connectivity index (χ1) is 9.95. The van der Waals surface area contributed by atoms with Crippen LogP contribution < -0.4 is 10.1 Å². The van der Waals surface area contributed by atoms with Gasteiger partial charge in [0.1, 0.15) is 5.75 Å². The first-order valence-corrected chi connectivity index (χ1v) is 7.95. The largest absolute Gasteiger partial charge is 0.497 e. The van der Waals surface area contributed by atoms with E-state index < -0.39 is 0 Å². The molecule has 0 heterocycles. The second-order valence-corrected chi connectivity index (χ2v) is 7.13. The van der Waals surface area contributed by atoms with Crippen LogP contribution >= 0.6 is 0 Å². The van der Waals surface area contributed by atoms with Gasteiger partial charge in [-0.15, -0.1) is 0 Å². The lowest BCUT2D eigenvalue weighted by molar-refractivity contribution is 0.0804. The predicted molar refractivity (Wildman–Crippen MR) is 88.7 cm³/mol. The number of hydrogen-bond acceptors (Lipinski definition) is 3. The number of hydrogen-bond donors (Lipinski definition) is 1. The monoisotopic (exact) mass is 290 g/mol. The van der Waals surface area contributed by atoms with Crippen molar-refractivity contribution in [3.8, 4) is 5.75 Å². The van der Waals surface area contributed by atoms with Crippen LogP contribution in [0.15, 0.2) is 24.3 Å². The zero-order chi connectivity index (χ0) is 15.5. The summed E-state index contributed by atoms with van der Waals surface area (Å²) in [4.78, 5) is 2.50. The highest BCUT2D eigenvalue weighted by Gasteiger charge is 2.36. The molecule has 3 heteroatoms. The number of methoxy groups -OCH3 is 1. The van der Waals surface area contributed by atoms with Crippen LogP contribution in [-0.4, -0.2) is 38.2 Å². The van der Waals surface area contributed by atoms with E-state index >= 15 is 0 Å². The molecule has 1 aromatic carbocycles. The highest BCUT2D eigenvalue weighted by Crippen LogP contribution is 2.37. The number of rotatable bonds is 5. The summed E-state index contributed by atoms with van der Waals surface area (Å²) >= 11 is 0. The predicted octanol–water partition coefficient (Wildman–Crippen LogP) is 3.29. The number of likely N-dealkylation sites (N-methyl/N-ethyl adjacent to an activating group) is 2. The molecule has 3 nitrogen and oxygen atoms in total. The number of nitrogens with one attached hydrogen (secondary N) is 1. The molecule has 2 rings (SSSR count). The SMILES string of the molecule is CNC1CCC(C)(C)CC1N(C)Cc1ccc(OC)cc1. The molecular weight excluding hydrogens is 260 g/mol. The smallest absolute Gasteiger partial charge is 0.118 e. The Morgan fingerprint density at radius 1 is 1.29 bits per heavy atom. The molecule has 0 radical (unpaired) electrons. The molecule has 1 aliphatic carbocycles. The van der Waals surface area contributed by atoms with E-state index in [-0.39, 0.29) is 0 Å². The van der Waals surface area contributed by atoms with Gasteiger partial charge < -0.3 is 10.1 Å². The van der Waals surface area contributed by atoms with Crippen molar-refractivity contribution < 1.29 is 4.74 Å². The highest BCUT2D eigenvalue weighted by atomic mass is 16.5. The first kappa shape index (κ1) is 16.3. The summed E-state index contributed by atoms with van der Waals surface area (Å²) in [6.45, 7) is 5.78. The Labute approximate surface area is 129 Å². The van der Waals surface area contributed by atoms with Crippen LogP contribution in [0.5, 0.6) is 5.75 Å². The minimum absolute atomic E-state index is 0.451. The lowest BCUT2D eigenvalue weighted by Crippen LogP contribution is -2.52. The second kappa shape index (κ2) is 6.80. The van der Waals surface area contributed by atoms with Crippen molar-refractivity contribution in [3.63, 3.8) is 0 Å². The van der Waals surface area contributed by atoms with Crippen LogP contribution in [-0.2, 0) is 6.54 Å². The average molecular weight is 290 g/mol. The van der Waals surface area contributed by atoms with Crippen LogP contribution in [0.25, 0.3) is 0 Å². The molecule has 1 fully saturated rings. The zero-order valence-corrected chi connectivity index (χ0v) is 14.1. The molecule has 1 aliphatic rings. The Bertz CT molecular complexity index is 441. The fraction of sp³-hybridized carbons (Fsp3) is 0.667. The molecule has 1 aromatic rings. The van der Waals surface area contributed by atoms with Crippen LogP contribution in [0.3, 0.4) is 0 Å². The Morgan fingerprint density at radius 3 is 2.52 bits per heavy atom.